The number of amides is 1. The first kappa shape index (κ1) is 27.3. The van der Waals surface area contributed by atoms with Crippen molar-refractivity contribution < 1.29 is 4.79 Å². The summed E-state index contributed by atoms with van der Waals surface area (Å²) in [5, 5.41) is 5.92. The topological polar surface area (TPSA) is 106 Å². The summed E-state index contributed by atoms with van der Waals surface area (Å²) in [6.45, 7) is 10.8. The summed E-state index contributed by atoms with van der Waals surface area (Å²) in [6, 6.07) is 20.3. The van der Waals surface area contributed by atoms with Gasteiger partial charge in [0.05, 0.1) is 6.04 Å². The number of nitrogens with two attached hydrogens (primary N) is 2. The summed E-state index contributed by atoms with van der Waals surface area (Å²) in [5.41, 5.74) is 16.7. The maximum Gasteiger partial charge on any atom is 0.207 e. The van der Waals surface area contributed by atoms with Gasteiger partial charge in [0, 0.05) is 47.8 Å². The van der Waals surface area contributed by atoms with Gasteiger partial charge in [-0.2, -0.15) is 0 Å². The van der Waals surface area contributed by atoms with Crippen LogP contribution in [-0.4, -0.2) is 23.0 Å². The Morgan fingerprint density at radius 2 is 1.60 bits per heavy atom. The van der Waals surface area contributed by atoms with Crippen LogP contribution < -0.4 is 22.1 Å². The average Bonchev–Trinajstić information content (AvgIpc) is 2.83. The molecule has 6 N–H and O–H groups in total. The molecule has 0 saturated carbocycles. The van der Waals surface area contributed by atoms with E-state index in [1.807, 2.05) is 12.3 Å². The van der Waals surface area contributed by atoms with E-state index in [2.05, 4.69) is 95.6 Å². The summed E-state index contributed by atoms with van der Waals surface area (Å²) in [4.78, 5) is 14.2. The number of pyridine rings is 1. The van der Waals surface area contributed by atoms with Crippen molar-refractivity contribution in [1.29, 1.82) is 0 Å². The maximum absolute atomic E-state index is 10.1. The molecule has 0 radical (unpaired) electrons. The molecule has 0 saturated heterocycles. The van der Waals surface area contributed by atoms with Gasteiger partial charge >= 0.3 is 0 Å². The van der Waals surface area contributed by atoms with Gasteiger partial charge < -0.3 is 22.1 Å². The number of hydrogen-bond acceptors (Lipinski definition) is 5. The summed E-state index contributed by atoms with van der Waals surface area (Å²) < 4.78 is 0. The average molecular weight is 470 g/mol. The zero-order valence-electron chi connectivity index (χ0n) is 20.7. The molecular formula is C29H35N5O. The molecule has 1 atom stereocenters. The van der Waals surface area contributed by atoms with Crippen molar-refractivity contribution in [2.45, 2.75) is 45.4 Å². The fourth-order valence-electron chi connectivity index (χ4n) is 3.21. The zero-order chi connectivity index (χ0) is 25.7. The first-order chi connectivity index (χ1) is 16.7. The standard InChI is InChI=1S/C22H20N2.C7H15N3O/c1-18-4-6-19(7-5-18)8-9-20-10-12-21(13-11-20)15-24-17-22-3-2-14-23-16-22;1-5(8)6(10-4-11)7(2,3)9/h2-7,10-14,16,24H,15,17H2,1H3;4,6H,1,8-9H2,2-3H3,(H,10,11). The minimum atomic E-state index is -0.577. The minimum absolute atomic E-state index is 0.365. The lowest BCUT2D eigenvalue weighted by molar-refractivity contribution is -0.110. The van der Waals surface area contributed by atoms with Crippen LogP contribution in [0.4, 0.5) is 0 Å². The molecule has 1 unspecified atom stereocenters. The van der Waals surface area contributed by atoms with E-state index < -0.39 is 5.54 Å². The van der Waals surface area contributed by atoms with Gasteiger partial charge in [-0.25, -0.2) is 0 Å². The van der Waals surface area contributed by atoms with Crippen LogP contribution in [0.15, 0.2) is 85.3 Å². The third-order valence-corrected chi connectivity index (χ3v) is 5.09. The van der Waals surface area contributed by atoms with Crippen LogP contribution >= 0.6 is 0 Å². The maximum atomic E-state index is 10.1. The number of carbonyl (C=O) groups is 1. The number of aryl methyl sites for hydroxylation is 1. The van der Waals surface area contributed by atoms with E-state index in [9.17, 15) is 4.79 Å². The van der Waals surface area contributed by atoms with Gasteiger partial charge in [0.2, 0.25) is 6.41 Å². The molecule has 0 aliphatic heterocycles. The van der Waals surface area contributed by atoms with Crippen molar-refractivity contribution in [3.8, 4) is 11.8 Å². The minimum Gasteiger partial charge on any atom is -0.401 e. The van der Waals surface area contributed by atoms with E-state index in [0.29, 0.717) is 12.1 Å². The second-order valence-corrected chi connectivity index (χ2v) is 8.89. The highest BCUT2D eigenvalue weighted by atomic mass is 16.1. The van der Waals surface area contributed by atoms with E-state index in [-0.39, 0.29) is 6.04 Å². The molecule has 1 aromatic heterocycles. The van der Waals surface area contributed by atoms with Gasteiger partial charge in [0.1, 0.15) is 0 Å². The van der Waals surface area contributed by atoms with E-state index >= 15 is 0 Å². The van der Waals surface area contributed by atoms with Crippen molar-refractivity contribution in [3.63, 3.8) is 0 Å². The highest BCUT2D eigenvalue weighted by molar-refractivity contribution is 5.48. The molecule has 2 aromatic carbocycles. The normalized spacial score (nSPS) is 11.2. The lowest BCUT2D eigenvalue weighted by atomic mass is 9.94. The molecular weight excluding hydrogens is 434 g/mol. The molecule has 1 heterocycles. The van der Waals surface area contributed by atoms with Crippen molar-refractivity contribution in [3.05, 3.63) is 113 Å². The summed E-state index contributed by atoms with van der Waals surface area (Å²) in [7, 11) is 0. The summed E-state index contributed by atoms with van der Waals surface area (Å²) >= 11 is 0. The number of carbonyl (C=O) groups excluding carboxylic acids is 1. The van der Waals surface area contributed by atoms with Crippen LogP contribution in [0.1, 0.15) is 41.7 Å². The molecule has 6 nitrogen and oxygen atoms in total. The third kappa shape index (κ3) is 10.3. The quantitative estimate of drug-likeness (QED) is 0.299. The molecule has 3 rings (SSSR count). The van der Waals surface area contributed by atoms with Crippen LogP contribution in [0.25, 0.3) is 0 Å². The molecule has 6 heteroatoms. The van der Waals surface area contributed by atoms with E-state index in [1.54, 1.807) is 20.0 Å². The third-order valence-electron chi connectivity index (χ3n) is 5.09. The Labute approximate surface area is 208 Å². The van der Waals surface area contributed by atoms with Crippen LogP contribution in [0, 0.1) is 18.8 Å². The Hall–Kier alpha value is -3.92. The predicted octanol–water partition coefficient (Wildman–Crippen LogP) is 3.39. The molecule has 182 valence electrons. The number of nitrogens with one attached hydrogen (secondary N) is 2. The van der Waals surface area contributed by atoms with Crippen LogP contribution in [0.2, 0.25) is 0 Å². The molecule has 0 spiro atoms. The smallest absolute Gasteiger partial charge is 0.207 e. The Bertz CT molecular complexity index is 1120. The van der Waals surface area contributed by atoms with E-state index in [1.165, 1.54) is 16.7 Å². The first-order valence-corrected chi connectivity index (χ1v) is 11.4. The van der Waals surface area contributed by atoms with E-state index in [4.69, 9.17) is 11.5 Å². The van der Waals surface area contributed by atoms with Crippen LogP contribution in [0.5, 0.6) is 0 Å². The monoisotopic (exact) mass is 469 g/mol. The molecule has 35 heavy (non-hydrogen) atoms. The molecule has 0 fully saturated rings. The number of hydrogen-bond donors (Lipinski definition) is 4. The Balaban J connectivity index is 0.000000334. The first-order valence-electron chi connectivity index (χ1n) is 11.4. The van der Waals surface area contributed by atoms with Crippen molar-refractivity contribution in [2.24, 2.45) is 11.5 Å². The van der Waals surface area contributed by atoms with Crippen LogP contribution in [-0.2, 0) is 17.9 Å². The second kappa shape index (κ2) is 13.7. The van der Waals surface area contributed by atoms with Gasteiger partial charge in [-0.05, 0) is 62.2 Å². The molecule has 0 aliphatic carbocycles. The van der Waals surface area contributed by atoms with Crippen molar-refractivity contribution in [1.82, 2.24) is 15.6 Å². The van der Waals surface area contributed by atoms with Gasteiger partial charge in [-0.3, -0.25) is 9.78 Å². The summed E-state index contributed by atoms with van der Waals surface area (Å²) in [5.74, 6) is 6.41. The predicted molar refractivity (Wildman–Crippen MR) is 143 cm³/mol. The molecule has 1 amide bonds. The fraction of sp³-hybridized carbons (Fsp3) is 0.241. The fourth-order valence-corrected chi connectivity index (χ4v) is 3.21. The molecule has 0 bridgehead atoms. The Morgan fingerprint density at radius 1 is 1.03 bits per heavy atom. The van der Waals surface area contributed by atoms with E-state index in [0.717, 1.165) is 24.2 Å². The number of aromatic nitrogens is 1. The van der Waals surface area contributed by atoms with Gasteiger partial charge in [-0.1, -0.05) is 54.3 Å². The Morgan fingerprint density at radius 3 is 2.06 bits per heavy atom. The molecule has 0 aliphatic rings. The van der Waals surface area contributed by atoms with Gasteiger partial charge in [0.25, 0.3) is 0 Å². The number of nitrogens with zero attached hydrogens (tertiary/aromatic N) is 1. The zero-order valence-corrected chi connectivity index (χ0v) is 20.7. The highest BCUT2D eigenvalue weighted by Gasteiger charge is 2.25. The number of rotatable bonds is 8. The lowest BCUT2D eigenvalue weighted by Gasteiger charge is -2.29. The summed E-state index contributed by atoms with van der Waals surface area (Å²) in [6.07, 6.45) is 4.24. The second-order valence-electron chi connectivity index (χ2n) is 8.89. The van der Waals surface area contributed by atoms with Crippen molar-refractivity contribution >= 4 is 6.41 Å². The lowest BCUT2D eigenvalue weighted by Crippen LogP contribution is -2.54. The SMILES string of the molecule is C=C(N)C(NC=O)C(C)(C)N.Cc1ccc(C#Cc2ccc(CNCc3cccnc3)cc2)cc1. The van der Waals surface area contributed by atoms with Crippen molar-refractivity contribution in [2.75, 3.05) is 0 Å². The van der Waals surface area contributed by atoms with Gasteiger partial charge in [0.15, 0.2) is 0 Å². The molecule has 3 aromatic rings. The van der Waals surface area contributed by atoms with Gasteiger partial charge in [-0.15, -0.1) is 0 Å². The van der Waals surface area contributed by atoms with Crippen LogP contribution in [0.3, 0.4) is 0 Å². The largest absolute Gasteiger partial charge is 0.401 e. The Kier molecular flexibility index (Phi) is 10.7. The highest BCUT2D eigenvalue weighted by Crippen LogP contribution is 2.08. The number of benzene rings is 2.